The summed E-state index contributed by atoms with van der Waals surface area (Å²) in [7, 11) is 0. The molecule has 0 saturated heterocycles. The second-order valence-electron chi connectivity index (χ2n) is 3.87. The Bertz CT molecular complexity index is 427. The minimum atomic E-state index is -4.13. The number of ether oxygens (including phenoxy) is 1. The normalized spacial score (nSPS) is 10.7. The van der Waals surface area contributed by atoms with E-state index in [2.05, 4.69) is 11.8 Å². The Morgan fingerprint density at radius 2 is 1.84 bits per heavy atom. The maximum Gasteiger partial charge on any atom is 0.389 e. The third-order valence-corrected chi connectivity index (χ3v) is 2.20. The lowest BCUT2D eigenvalue weighted by Gasteiger charge is -2.08. The summed E-state index contributed by atoms with van der Waals surface area (Å²) < 4.78 is 40.9. The zero-order valence-electron chi connectivity index (χ0n) is 10.3. The molecule has 0 saturated carbocycles. The van der Waals surface area contributed by atoms with Crippen LogP contribution in [0.2, 0.25) is 0 Å². The van der Waals surface area contributed by atoms with E-state index in [0.717, 1.165) is 5.56 Å². The molecular formula is C14H15F3O2. The quantitative estimate of drug-likeness (QED) is 0.659. The molecular weight excluding hydrogens is 257 g/mol. The summed E-state index contributed by atoms with van der Waals surface area (Å²) >= 11 is 0. The Labute approximate surface area is 110 Å². The van der Waals surface area contributed by atoms with Gasteiger partial charge in [-0.2, -0.15) is 13.2 Å². The molecule has 1 aromatic rings. The summed E-state index contributed by atoms with van der Waals surface area (Å²) in [6, 6.07) is 6.78. The van der Waals surface area contributed by atoms with E-state index in [9.17, 15) is 13.2 Å². The van der Waals surface area contributed by atoms with Crippen LogP contribution < -0.4 is 4.74 Å². The van der Waals surface area contributed by atoms with E-state index in [1.54, 1.807) is 24.3 Å². The zero-order valence-corrected chi connectivity index (χ0v) is 10.3. The van der Waals surface area contributed by atoms with Gasteiger partial charge in [0.1, 0.15) is 5.75 Å². The van der Waals surface area contributed by atoms with Gasteiger partial charge in [-0.15, -0.1) is 0 Å². The molecule has 0 radical (unpaired) electrons. The topological polar surface area (TPSA) is 29.5 Å². The Hall–Kier alpha value is -1.67. The Morgan fingerprint density at radius 1 is 1.16 bits per heavy atom. The molecule has 0 aromatic heterocycles. The van der Waals surface area contributed by atoms with Crippen LogP contribution in [0.4, 0.5) is 13.2 Å². The van der Waals surface area contributed by atoms with Crippen LogP contribution in [0.3, 0.4) is 0 Å². The van der Waals surface area contributed by atoms with Gasteiger partial charge in [0.25, 0.3) is 0 Å². The fourth-order valence-electron chi connectivity index (χ4n) is 1.32. The molecule has 0 heterocycles. The van der Waals surface area contributed by atoms with Crippen molar-refractivity contribution in [1.82, 2.24) is 0 Å². The molecule has 104 valence electrons. The van der Waals surface area contributed by atoms with Crippen LogP contribution in [0.5, 0.6) is 5.75 Å². The van der Waals surface area contributed by atoms with E-state index >= 15 is 0 Å². The van der Waals surface area contributed by atoms with E-state index in [1.807, 2.05) is 0 Å². The number of benzene rings is 1. The van der Waals surface area contributed by atoms with Crippen LogP contribution in [-0.2, 0) is 0 Å². The zero-order chi connectivity index (χ0) is 14.1. The van der Waals surface area contributed by atoms with Crippen LogP contribution >= 0.6 is 0 Å². The monoisotopic (exact) mass is 272 g/mol. The van der Waals surface area contributed by atoms with Crippen molar-refractivity contribution >= 4 is 0 Å². The highest BCUT2D eigenvalue weighted by molar-refractivity contribution is 5.38. The predicted molar refractivity (Wildman–Crippen MR) is 65.8 cm³/mol. The van der Waals surface area contributed by atoms with Gasteiger partial charge in [-0.05, 0) is 30.7 Å². The third kappa shape index (κ3) is 7.37. The van der Waals surface area contributed by atoms with Gasteiger partial charge in [0.2, 0.25) is 0 Å². The molecule has 0 unspecified atom stereocenters. The van der Waals surface area contributed by atoms with Crippen LogP contribution in [0.25, 0.3) is 0 Å². The number of alkyl halides is 3. The highest BCUT2D eigenvalue weighted by Gasteiger charge is 2.25. The molecule has 0 bridgehead atoms. The largest absolute Gasteiger partial charge is 0.494 e. The molecule has 0 aliphatic rings. The van der Waals surface area contributed by atoms with Crippen molar-refractivity contribution in [2.24, 2.45) is 0 Å². The second kappa shape index (κ2) is 7.70. The number of aliphatic hydroxyl groups is 1. The molecule has 0 atom stereocenters. The Morgan fingerprint density at radius 3 is 2.42 bits per heavy atom. The van der Waals surface area contributed by atoms with E-state index in [0.29, 0.717) is 12.2 Å². The molecule has 1 N–H and O–H groups in total. The summed E-state index contributed by atoms with van der Waals surface area (Å²) in [4.78, 5) is 0. The highest BCUT2D eigenvalue weighted by atomic mass is 19.4. The van der Waals surface area contributed by atoms with Crippen molar-refractivity contribution in [3.8, 4) is 17.6 Å². The molecule has 0 aliphatic heterocycles. The van der Waals surface area contributed by atoms with Crippen molar-refractivity contribution in [3.63, 3.8) is 0 Å². The van der Waals surface area contributed by atoms with Crippen molar-refractivity contribution in [1.29, 1.82) is 0 Å². The molecule has 0 fully saturated rings. The van der Waals surface area contributed by atoms with E-state index in [4.69, 9.17) is 9.84 Å². The molecule has 0 amide bonds. The van der Waals surface area contributed by atoms with Gasteiger partial charge < -0.3 is 9.84 Å². The van der Waals surface area contributed by atoms with Crippen LogP contribution in [0.1, 0.15) is 24.8 Å². The fourth-order valence-corrected chi connectivity index (χ4v) is 1.32. The van der Waals surface area contributed by atoms with Crippen molar-refractivity contribution in [2.75, 3.05) is 13.2 Å². The predicted octanol–water partition coefficient (Wildman–Crippen LogP) is 3.14. The number of aliphatic hydroxyl groups excluding tert-OH is 1. The SMILES string of the molecule is OCCC#Cc1ccc(OCCCC(F)(F)F)cc1. The Kier molecular flexibility index (Phi) is 6.23. The number of hydrogen-bond acceptors (Lipinski definition) is 2. The summed E-state index contributed by atoms with van der Waals surface area (Å²) in [5, 5.41) is 8.56. The molecule has 2 nitrogen and oxygen atoms in total. The maximum atomic E-state index is 11.9. The van der Waals surface area contributed by atoms with Crippen LogP contribution in [0.15, 0.2) is 24.3 Å². The number of halogens is 3. The minimum absolute atomic E-state index is 0.0212. The highest BCUT2D eigenvalue weighted by Crippen LogP contribution is 2.21. The average Bonchev–Trinajstić information content (AvgIpc) is 2.36. The van der Waals surface area contributed by atoms with Gasteiger partial charge in [0, 0.05) is 18.4 Å². The van der Waals surface area contributed by atoms with Gasteiger partial charge in [-0.3, -0.25) is 0 Å². The van der Waals surface area contributed by atoms with Crippen LogP contribution in [0, 0.1) is 11.8 Å². The van der Waals surface area contributed by atoms with Crippen molar-refractivity contribution in [2.45, 2.75) is 25.4 Å². The maximum absolute atomic E-state index is 11.9. The number of hydrogen-bond donors (Lipinski definition) is 1. The molecule has 1 aromatic carbocycles. The Balaban J connectivity index is 2.35. The standard InChI is InChI=1S/C14H15F3O2/c15-14(16,17)9-3-11-19-13-7-5-12(6-8-13)4-1-2-10-18/h5-8,18H,2-3,9-11H2. The molecule has 5 heteroatoms. The first kappa shape index (κ1) is 15.4. The molecule has 1 rings (SSSR count). The molecule has 0 spiro atoms. The lowest BCUT2D eigenvalue weighted by molar-refractivity contribution is -0.136. The smallest absolute Gasteiger partial charge is 0.389 e. The van der Waals surface area contributed by atoms with E-state index < -0.39 is 12.6 Å². The first-order valence-corrected chi connectivity index (χ1v) is 5.90. The summed E-state index contributed by atoms with van der Waals surface area (Å²) in [5.41, 5.74) is 0.774. The lowest BCUT2D eigenvalue weighted by Crippen LogP contribution is -2.09. The van der Waals surface area contributed by atoms with Gasteiger partial charge >= 0.3 is 6.18 Å². The van der Waals surface area contributed by atoms with Crippen molar-refractivity contribution < 1.29 is 23.0 Å². The average molecular weight is 272 g/mol. The second-order valence-corrected chi connectivity index (χ2v) is 3.87. The van der Waals surface area contributed by atoms with Gasteiger partial charge in [0.15, 0.2) is 0 Å². The summed E-state index contributed by atoms with van der Waals surface area (Å²) in [6.45, 7) is 0.0580. The van der Waals surface area contributed by atoms with E-state index in [-0.39, 0.29) is 19.6 Å². The third-order valence-electron chi connectivity index (χ3n) is 2.20. The van der Waals surface area contributed by atoms with Gasteiger partial charge in [-0.25, -0.2) is 0 Å². The lowest BCUT2D eigenvalue weighted by atomic mass is 10.2. The van der Waals surface area contributed by atoms with Crippen molar-refractivity contribution in [3.05, 3.63) is 29.8 Å². The first-order valence-electron chi connectivity index (χ1n) is 5.90. The minimum Gasteiger partial charge on any atom is -0.494 e. The summed E-state index contributed by atoms with van der Waals surface area (Å²) in [6.07, 6.45) is -4.61. The van der Waals surface area contributed by atoms with Crippen LogP contribution in [-0.4, -0.2) is 24.5 Å². The first-order chi connectivity index (χ1) is 9.01. The van der Waals surface area contributed by atoms with E-state index in [1.165, 1.54) is 0 Å². The number of rotatable bonds is 5. The molecule has 19 heavy (non-hydrogen) atoms. The van der Waals surface area contributed by atoms with Gasteiger partial charge in [0.05, 0.1) is 13.2 Å². The fraction of sp³-hybridized carbons (Fsp3) is 0.429. The van der Waals surface area contributed by atoms with Gasteiger partial charge in [-0.1, -0.05) is 11.8 Å². The summed E-state index contributed by atoms with van der Waals surface area (Å²) in [5.74, 6) is 6.14. The molecule has 0 aliphatic carbocycles.